The van der Waals surface area contributed by atoms with Crippen LogP contribution >= 0.6 is 11.8 Å². The molecule has 0 aliphatic carbocycles. The Morgan fingerprint density at radius 2 is 1.88 bits per heavy atom. The third-order valence-corrected chi connectivity index (χ3v) is 5.21. The summed E-state index contributed by atoms with van der Waals surface area (Å²) in [5, 5.41) is 0. The van der Waals surface area contributed by atoms with Gasteiger partial charge in [0, 0.05) is 27.1 Å². The van der Waals surface area contributed by atoms with Gasteiger partial charge < -0.3 is 5.73 Å². The lowest BCUT2D eigenvalue weighted by atomic mass is 10.0. The highest BCUT2D eigenvalue weighted by molar-refractivity contribution is 7.99. The van der Waals surface area contributed by atoms with Crippen molar-refractivity contribution in [3.8, 4) is 0 Å². The minimum Gasteiger partial charge on any atom is -0.366 e. The molecule has 1 amide bonds. The number of carbonyl (C=O) groups is 1. The Balaban J connectivity index is 2.00. The van der Waals surface area contributed by atoms with E-state index in [1.165, 1.54) is 0 Å². The molecular formula is C20H15N3OS. The van der Waals surface area contributed by atoms with Crippen LogP contribution in [0, 0.1) is 6.92 Å². The van der Waals surface area contributed by atoms with Crippen LogP contribution < -0.4 is 5.73 Å². The number of amides is 1. The van der Waals surface area contributed by atoms with Gasteiger partial charge in [0.1, 0.15) is 0 Å². The van der Waals surface area contributed by atoms with Crippen molar-refractivity contribution >= 4 is 29.1 Å². The molecule has 2 heterocycles. The van der Waals surface area contributed by atoms with Crippen LogP contribution in [0.15, 0.2) is 75.6 Å². The number of pyridine rings is 1. The van der Waals surface area contributed by atoms with Crippen LogP contribution in [-0.4, -0.2) is 16.6 Å². The fourth-order valence-corrected chi connectivity index (χ4v) is 3.81. The second-order valence-electron chi connectivity index (χ2n) is 5.77. The number of benzene rings is 2. The maximum atomic E-state index is 11.6. The van der Waals surface area contributed by atoms with E-state index in [4.69, 9.17) is 10.7 Å². The molecule has 3 aromatic rings. The Labute approximate surface area is 149 Å². The molecule has 1 aliphatic rings. The molecule has 1 aromatic heterocycles. The van der Waals surface area contributed by atoms with Crippen LogP contribution in [0.5, 0.6) is 0 Å². The van der Waals surface area contributed by atoms with Crippen molar-refractivity contribution in [1.29, 1.82) is 0 Å². The number of nitrogens with two attached hydrogens (primary N) is 1. The number of carbonyl (C=O) groups excluding carboxylic acids is 1. The molecule has 0 fully saturated rings. The van der Waals surface area contributed by atoms with Gasteiger partial charge in [-0.15, -0.1) is 0 Å². The zero-order chi connectivity index (χ0) is 17.4. The molecule has 5 heteroatoms. The van der Waals surface area contributed by atoms with Gasteiger partial charge in [-0.2, -0.15) is 0 Å². The summed E-state index contributed by atoms with van der Waals surface area (Å²) in [5.41, 5.74) is 10.3. The predicted octanol–water partition coefficient (Wildman–Crippen LogP) is 4.12. The molecule has 0 saturated heterocycles. The van der Waals surface area contributed by atoms with Gasteiger partial charge >= 0.3 is 0 Å². The first-order valence-corrected chi connectivity index (χ1v) is 8.67. The van der Waals surface area contributed by atoms with E-state index in [1.807, 2.05) is 37.3 Å². The monoisotopic (exact) mass is 345 g/mol. The summed E-state index contributed by atoms with van der Waals surface area (Å²) >= 11 is 1.63. The number of rotatable bonds is 2. The van der Waals surface area contributed by atoms with Crippen molar-refractivity contribution in [2.45, 2.75) is 16.7 Å². The summed E-state index contributed by atoms with van der Waals surface area (Å²) < 4.78 is 0. The van der Waals surface area contributed by atoms with Crippen molar-refractivity contribution in [1.82, 2.24) is 4.98 Å². The Kier molecular flexibility index (Phi) is 3.86. The Morgan fingerprint density at radius 3 is 2.68 bits per heavy atom. The van der Waals surface area contributed by atoms with Crippen molar-refractivity contribution in [3.63, 3.8) is 0 Å². The maximum Gasteiger partial charge on any atom is 0.248 e. The highest BCUT2D eigenvalue weighted by atomic mass is 32.2. The molecule has 0 radical (unpaired) electrons. The molecule has 2 aromatic carbocycles. The summed E-state index contributed by atoms with van der Waals surface area (Å²) in [5.74, 6) is -0.458. The minimum atomic E-state index is -0.458. The van der Waals surface area contributed by atoms with Crippen LogP contribution in [0.25, 0.3) is 0 Å². The number of aliphatic imine (C=N–C) groups is 1. The molecule has 25 heavy (non-hydrogen) atoms. The lowest BCUT2D eigenvalue weighted by molar-refractivity contribution is 0.100. The number of hydrogen-bond acceptors (Lipinski definition) is 4. The van der Waals surface area contributed by atoms with Crippen molar-refractivity contribution in [2.75, 3.05) is 0 Å². The predicted molar refractivity (Wildman–Crippen MR) is 99.8 cm³/mol. The topological polar surface area (TPSA) is 68.3 Å². The smallest absolute Gasteiger partial charge is 0.248 e. The molecule has 0 saturated carbocycles. The van der Waals surface area contributed by atoms with Crippen LogP contribution in [0.1, 0.15) is 27.2 Å². The number of hydrogen-bond donors (Lipinski definition) is 1. The standard InChI is InChI=1S/C20H15N3OS/c1-12-5-4-10-22-18(12)19-14-6-2-3-7-16(14)25-17-9-8-13(20(21)24)11-15(17)23-19/h2-11H,1H3,(H2,21,24). The second-order valence-corrected chi connectivity index (χ2v) is 6.86. The molecular weight excluding hydrogens is 330 g/mol. The lowest BCUT2D eigenvalue weighted by Crippen LogP contribution is -2.10. The Morgan fingerprint density at radius 1 is 1.04 bits per heavy atom. The number of fused-ring (bicyclic) bond motifs is 2. The van der Waals surface area contributed by atoms with Gasteiger partial charge in [0.15, 0.2) is 0 Å². The maximum absolute atomic E-state index is 11.6. The number of aromatic nitrogens is 1. The minimum absolute atomic E-state index is 0.450. The molecule has 2 N–H and O–H groups in total. The van der Waals surface area contributed by atoms with E-state index in [9.17, 15) is 4.79 Å². The number of aryl methyl sites for hydroxylation is 1. The molecule has 0 unspecified atom stereocenters. The number of nitrogens with zero attached hydrogens (tertiary/aromatic N) is 2. The van der Waals surface area contributed by atoms with Crippen molar-refractivity contribution in [3.05, 3.63) is 83.2 Å². The van der Waals surface area contributed by atoms with Gasteiger partial charge in [-0.05, 0) is 42.8 Å². The lowest BCUT2D eigenvalue weighted by Gasteiger charge is -2.10. The molecule has 1 aliphatic heterocycles. The molecule has 4 nitrogen and oxygen atoms in total. The van der Waals surface area contributed by atoms with Gasteiger partial charge in [-0.1, -0.05) is 36.0 Å². The van der Waals surface area contributed by atoms with Crippen LogP contribution in [-0.2, 0) is 0 Å². The Hall–Kier alpha value is -2.92. The van der Waals surface area contributed by atoms with E-state index in [2.05, 4.69) is 17.1 Å². The first-order chi connectivity index (χ1) is 12.1. The largest absolute Gasteiger partial charge is 0.366 e. The van der Waals surface area contributed by atoms with E-state index in [-0.39, 0.29) is 0 Å². The fourth-order valence-electron chi connectivity index (χ4n) is 2.81. The van der Waals surface area contributed by atoms with E-state index in [0.29, 0.717) is 5.56 Å². The zero-order valence-corrected chi connectivity index (χ0v) is 14.4. The van der Waals surface area contributed by atoms with Crippen LogP contribution in [0.4, 0.5) is 5.69 Å². The summed E-state index contributed by atoms with van der Waals surface area (Å²) in [6.07, 6.45) is 1.77. The first kappa shape index (κ1) is 15.6. The summed E-state index contributed by atoms with van der Waals surface area (Å²) in [7, 11) is 0. The van der Waals surface area contributed by atoms with E-state index >= 15 is 0 Å². The van der Waals surface area contributed by atoms with Crippen molar-refractivity contribution < 1.29 is 4.79 Å². The van der Waals surface area contributed by atoms with Gasteiger partial charge in [0.25, 0.3) is 0 Å². The zero-order valence-electron chi connectivity index (χ0n) is 13.6. The van der Waals surface area contributed by atoms with Gasteiger partial charge in [-0.3, -0.25) is 9.78 Å². The van der Waals surface area contributed by atoms with Gasteiger partial charge in [-0.25, -0.2) is 4.99 Å². The van der Waals surface area contributed by atoms with Gasteiger partial charge in [0.05, 0.1) is 17.1 Å². The Bertz CT molecular complexity index is 1030. The third kappa shape index (κ3) is 2.83. The van der Waals surface area contributed by atoms with E-state index < -0.39 is 5.91 Å². The average molecular weight is 345 g/mol. The molecule has 0 atom stereocenters. The van der Waals surface area contributed by atoms with Crippen molar-refractivity contribution in [2.24, 2.45) is 10.7 Å². The highest BCUT2D eigenvalue weighted by Crippen LogP contribution is 2.41. The molecule has 4 rings (SSSR count). The summed E-state index contributed by atoms with van der Waals surface area (Å²) in [6, 6.07) is 17.4. The second kappa shape index (κ2) is 6.18. The van der Waals surface area contributed by atoms with Crippen LogP contribution in [0.3, 0.4) is 0 Å². The van der Waals surface area contributed by atoms with E-state index in [0.717, 1.165) is 38.0 Å². The first-order valence-electron chi connectivity index (χ1n) is 7.85. The summed E-state index contributed by atoms with van der Waals surface area (Å²) in [4.78, 5) is 23.1. The SMILES string of the molecule is Cc1cccnc1C1=Nc2cc(C(N)=O)ccc2Sc2ccccc21. The van der Waals surface area contributed by atoms with Crippen LogP contribution in [0.2, 0.25) is 0 Å². The highest BCUT2D eigenvalue weighted by Gasteiger charge is 2.21. The molecule has 0 bridgehead atoms. The van der Waals surface area contributed by atoms with Gasteiger partial charge in [0.2, 0.25) is 5.91 Å². The summed E-state index contributed by atoms with van der Waals surface area (Å²) in [6.45, 7) is 2.02. The third-order valence-electron chi connectivity index (χ3n) is 4.07. The average Bonchev–Trinajstić information content (AvgIpc) is 2.78. The molecule has 0 spiro atoms. The number of primary amides is 1. The normalized spacial score (nSPS) is 12.6. The fraction of sp³-hybridized carbons (Fsp3) is 0.0500. The quantitative estimate of drug-likeness (QED) is 0.594. The van der Waals surface area contributed by atoms with E-state index in [1.54, 1.807) is 30.1 Å². The molecule has 122 valence electrons.